The lowest BCUT2D eigenvalue weighted by Crippen LogP contribution is -2.31. The number of nitrogens with zero attached hydrogens (tertiary/aromatic N) is 4. The van der Waals surface area contributed by atoms with E-state index >= 15 is 0 Å². The third-order valence-corrected chi connectivity index (χ3v) is 4.36. The second kappa shape index (κ2) is 5.42. The van der Waals surface area contributed by atoms with Crippen LogP contribution in [-0.2, 0) is 0 Å². The number of thiophene rings is 1. The van der Waals surface area contributed by atoms with Crippen LogP contribution in [0.15, 0.2) is 33.6 Å². The van der Waals surface area contributed by atoms with Crippen molar-refractivity contribution < 1.29 is 4.52 Å². The van der Waals surface area contributed by atoms with Crippen LogP contribution in [0, 0.1) is 0 Å². The van der Waals surface area contributed by atoms with Gasteiger partial charge in [-0.05, 0) is 36.9 Å². The highest BCUT2D eigenvalue weighted by Gasteiger charge is 2.18. The summed E-state index contributed by atoms with van der Waals surface area (Å²) in [6, 6.07) is 4.32. The SMILES string of the molecule is c1cc(-c2noc(-c3ccn(C4CCCNC4)n3)n2)cs1. The molecule has 0 radical (unpaired) electrons. The molecule has 1 unspecified atom stereocenters. The Hall–Kier alpha value is -1.99. The zero-order valence-electron chi connectivity index (χ0n) is 11.4. The normalized spacial score (nSPS) is 19.0. The second-order valence-corrected chi connectivity index (χ2v) is 5.90. The van der Waals surface area contributed by atoms with Crippen LogP contribution in [-0.4, -0.2) is 33.0 Å². The van der Waals surface area contributed by atoms with E-state index in [-0.39, 0.29) is 0 Å². The molecular weight excluding hydrogens is 286 g/mol. The minimum absolute atomic E-state index is 0.409. The largest absolute Gasteiger partial charge is 0.332 e. The number of hydrogen-bond donors (Lipinski definition) is 1. The van der Waals surface area contributed by atoms with Crippen molar-refractivity contribution in [3.8, 4) is 23.0 Å². The summed E-state index contributed by atoms with van der Waals surface area (Å²) in [4.78, 5) is 4.42. The summed E-state index contributed by atoms with van der Waals surface area (Å²) >= 11 is 1.61. The molecule has 1 aliphatic rings. The van der Waals surface area contributed by atoms with Gasteiger partial charge in [-0.2, -0.15) is 21.4 Å². The molecule has 1 N–H and O–H groups in total. The van der Waals surface area contributed by atoms with Gasteiger partial charge in [0.25, 0.3) is 5.89 Å². The summed E-state index contributed by atoms with van der Waals surface area (Å²) in [7, 11) is 0. The van der Waals surface area contributed by atoms with Crippen molar-refractivity contribution in [2.75, 3.05) is 13.1 Å². The van der Waals surface area contributed by atoms with E-state index in [4.69, 9.17) is 4.52 Å². The summed E-state index contributed by atoms with van der Waals surface area (Å²) in [6.45, 7) is 2.06. The summed E-state index contributed by atoms with van der Waals surface area (Å²) in [5.41, 5.74) is 1.71. The summed E-state index contributed by atoms with van der Waals surface area (Å²) in [5, 5.41) is 16.0. The van der Waals surface area contributed by atoms with Gasteiger partial charge in [-0.25, -0.2) is 0 Å². The third kappa shape index (κ3) is 2.50. The fourth-order valence-corrected chi connectivity index (χ4v) is 3.19. The number of hydrogen-bond acceptors (Lipinski definition) is 6. The van der Waals surface area contributed by atoms with Crippen molar-refractivity contribution in [2.24, 2.45) is 0 Å². The molecule has 0 saturated carbocycles. The van der Waals surface area contributed by atoms with Gasteiger partial charge in [0.15, 0.2) is 5.69 Å². The van der Waals surface area contributed by atoms with Gasteiger partial charge in [-0.3, -0.25) is 4.68 Å². The predicted octanol–water partition coefficient (Wildman–Crippen LogP) is 2.59. The first kappa shape index (κ1) is 12.7. The lowest BCUT2D eigenvalue weighted by molar-refractivity contribution is 0.346. The molecule has 0 amide bonds. The van der Waals surface area contributed by atoms with Crippen LogP contribution in [0.4, 0.5) is 0 Å². The van der Waals surface area contributed by atoms with E-state index < -0.39 is 0 Å². The Kier molecular flexibility index (Phi) is 3.28. The van der Waals surface area contributed by atoms with Crippen molar-refractivity contribution in [3.63, 3.8) is 0 Å². The first-order chi connectivity index (χ1) is 10.4. The molecule has 1 atom stereocenters. The molecule has 0 aliphatic carbocycles. The Labute approximate surface area is 125 Å². The Morgan fingerprint density at radius 2 is 2.38 bits per heavy atom. The molecule has 108 valence electrons. The Morgan fingerprint density at radius 1 is 1.38 bits per heavy atom. The van der Waals surface area contributed by atoms with Crippen LogP contribution in [0.25, 0.3) is 23.0 Å². The van der Waals surface area contributed by atoms with Crippen molar-refractivity contribution in [1.29, 1.82) is 0 Å². The Bertz CT molecular complexity index is 711. The van der Waals surface area contributed by atoms with Crippen LogP contribution < -0.4 is 5.32 Å². The van der Waals surface area contributed by atoms with Crippen LogP contribution in [0.1, 0.15) is 18.9 Å². The second-order valence-electron chi connectivity index (χ2n) is 5.12. The van der Waals surface area contributed by atoms with E-state index in [1.54, 1.807) is 11.3 Å². The average molecular weight is 301 g/mol. The first-order valence-corrected chi connectivity index (χ1v) is 7.97. The van der Waals surface area contributed by atoms with Gasteiger partial charge in [0.1, 0.15) is 0 Å². The van der Waals surface area contributed by atoms with Crippen LogP contribution in [0.2, 0.25) is 0 Å². The average Bonchev–Trinajstić information content (AvgIpc) is 3.27. The van der Waals surface area contributed by atoms with Gasteiger partial charge in [-0.15, -0.1) is 0 Å². The zero-order valence-corrected chi connectivity index (χ0v) is 12.2. The van der Waals surface area contributed by atoms with Gasteiger partial charge in [0.2, 0.25) is 5.82 Å². The van der Waals surface area contributed by atoms with Crippen molar-refractivity contribution >= 4 is 11.3 Å². The molecule has 1 saturated heterocycles. The maximum absolute atomic E-state index is 5.33. The maximum atomic E-state index is 5.33. The standard InChI is InChI=1S/C14H15N5OS/c1-2-11(8-15-5-1)19-6-3-12(17-19)14-16-13(18-20-14)10-4-7-21-9-10/h3-4,6-7,9,11,15H,1-2,5,8H2. The summed E-state index contributed by atoms with van der Waals surface area (Å²) in [5.74, 6) is 1.08. The molecule has 0 bridgehead atoms. The smallest absolute Gasteiger partial charge is 0.278 e. The lowest BCUT2D eigenvalue weighted by atomic mass is 10.1. The Balaban J connectivity index is 1.58. The number of rotatable bonds is 3. The molecule has 21 heavy (non-hydrogen) atoms. The molecular formula is C14H15N5OS. The molecule has 1 fully saturated rings. The fourth-order valence-electron chi connectivity index (χ4n) is 2.55. The quantitative estimate of drug-likeness (QED) is 0.805. The van der Waals surface area contributed by atoms with Crippen molar-refractivity contribution in [2.45, 2.75) is 18.9 Å². The van der Waals surface area contributed by atoms with Gasteiger partial charge in [0.05, 0.1) is 6.04 Å². The van der Waals surface area contributed by atoms with E-state index in [0.29, 0.717) is 17.8 Å². The minimum atomic E-state index is 0.409. The number of piperidine rings is 1. The van der Waals surface area contributed by atoms with Crippen LogP contribution in [0.5, 0.6) is 0 Å². The van der Waals surface area contributed by atoms with Crippen molar-refractivity contribution in [1.82, 2.24) is 25.2 Å². The monoisotopic (exact) mass is 301 g/mol. The lowest BCUT2D eigenvalue weighted by Gasteiger charge is -2.22. The fraction of sp³-hybridized carbons (Fsp3) is 0.357. The molecule has 0 spiro atoms. The molecule has 6 nitrogen and oxygen atoms in total. The van der Waals surface area contributed by atoms with Gasteiger partial charge in [0, 0.05) is 23.7 Å². The van der Waals surface area contributed by atoms with Crippen molar-refractivity contribution in [3.05, 3.63) is 29.1 Å². The number of aromatic nitrogens is 4. The Morgan fingerprint density at radius 3 is 3.19 bits per heavy atom. The van der Waals surface area contributed by atoms with E-state index in [1.165, 1.54) is 6.42 Å². The molecule has 3 aromatic heterocycles. The highest BCUT2D eigenvalue weighted by atomic mass is 32.1. The third-order valence-electron chi connectivity index (χ3n) is 3.68. The molecule has 7 heteroatoms. The maximum Gasteiger partial charge on any atom is 0.278 e. The highest BCUT2D eigenvalue weighted by molar-refractivity contribution is 7.08. The van der Waals surface area contributed by atoms with E-state index in [0.717, 1.165) is 30.8 Å². The topological polar surface area (TPSA) is 68.8 Å². The van der Waals surface area contributed by atoms with Gasteiger partial charge < -0.3 is 9.84 Å². The van der Waals surface area contributed by atoms with E-state index in [9.17, 15) is 0 Å². The minimum Gasteiger partial charge on any atom is -0.332 e. The number of nitrogens with one attached hydrogen (secondary N) is 1. The molecule has 1 aliphatic heterocycles. The summed E-state index contributed by atoms with van der Waals surface area (Å²) in [6.07, 6.45) is 4.32. The predicted molar refractivity (Wildman–Crippen MR) is 80.0 cm³/mol. The molecule has 4 rings (SSSR count). The zero-order chi connectivity index (χ0) is 14.1. The molecule has 3 aromatic rings. The van der Waals surface area contributed by atoms with E-state index in [2.05, 4.69) is 20.6 Å². The van der Waals surface area contributed by atoms with Crippen LogP contribution >= 0.6 is 11.3 Å². The summed E-state index contributed by atoms with van der Waals surface area (Å²) < 4.78 is 7.32. The van der Waals surface area contributed by atoms with Gasteiger partial charge in [-0.1, -0.05) is 5.16 Å². The molecule has 0 aromatic carbocycles. The van der Waals surface area contributed by atoms with Gasteiger partial charge >= 0.3 is 0 Å². The van der Waals surface area contributed by atoms with E-state index in [1.807, 2.05) is 33.8 Å². The highest BCUT2D eigenvalue weighted by Crippen LogP contribution is 2.24. The van der Waals surface area contributed by atoms with Crippen LogP contribution in [0.3, 0.4) is 0 Å². The first-order valence-electron chi connectivity index (χ1n) is 7.03. The molecule has 4 heterocycles.